The Labute approximate surface area is 123 Å². The molecule has 0 atom stereocenters. The lowest BCUT2D eigenvalue weighted by atomic mass is 10.3. The second-order valence-electron chi connectivity index (χ2n) is 4.12. The SMILES string of the molecule is CCNc1cccc(C(=O)Nc2cccc(SC)c2)n1. The molecule has 104 valence electrons. The molecule has 0 fully saturated rings. The van der Waals surface area contributed by atoms with Gasteiger partial charge in [-0.25, -0.2) is 4.98 Å². The van der Waals surface area contributed by atoms with Crippen molar-refractivity contribution in [2.24, 2.45) is 0 Å². The number of carbonyl (C=O) groups excluding carboxylic acids is 1. The van der Waals surface area contributed by atoms with E-state index in [1.165, 1.54) is 0 Å². The van der Waals surface area contributed by atoms with Crippen LogP contribution >= 0.6 is 11.8 Å². The number of hydrogen-bond acceptors (Lipinski definition) is 4. The molecule has 1 amide bonds. The second-order valence-corrected chi connectivity index (χ2v) is 5.00. The topological polar surface area (TPSA) is 54.0 Å². The van der Waals surface area contributed by atoms with Crippen molar-refractivity contribution in [1.29, 1.82) is 0 Å². The molecule has 1 aromatic heterocycles. The van der Waals surface area contributed by atoms with Crippen molar-refractivity contribution >= 4 is 29.2 Å². The van der Waals surface area contributed by atoms with Gasteiger partial charge >= 0.3 is 0 Å². The zero-order chi connectivity index (χ0) is 14.4. The summed E-state index contributed by atoms with van der Waals surface area (Å²) in [5.74, 6) is 0.501. The predicted octanol–water partition coefficient (Wildman–Crippen LogP) is 3.49. The van der Waals surface area contributed by atoms with Gasteiger partial charge in [-0.2, -0.15) is 0 Å². The fourth-order valence-electron chi connectivity index (χ4n) is 1.74. The van der Waals surface area contributed by atoms with Crippen LogP contribution in [-0.2, 0) is 0 Å². The normalized spacial score (nSPS) is 10.1. The van der Waals surface area contributed by atoms with Crippen molar-refractivity contribution in [2.45, 2.75) is 11.8 Å². The van der Waals surface area contributed by atoms with Crippen LogP contribution in [0.15, 0.2) is 47.4 Å². The molecule has 0 unspecified atom stereocenters. The van der Waals surface area contributed by atoms with Gasteiger partial charge in [-0.05, 0) is 43.5 Å². The molecule has 0 bridgehead atoms. The monoisotopic (exact) mass is 287 g/mol. The van der Waals surface area contributed by atoms with Gasteiger partial charge in [-0.15, -0.1) is 11.8 Å². The predicted molar refractivity (Wildman–Crippen MR) is 84.6 cm³/mol. The smallest absolute Gasteiger partial charge is 0.274 e. The maximum absolute atomic E-state index is 12.2. The van der Waals surface area contributed by atoms with E-state index in [4.69, 9.17) is 0 Å². The molecule has 2 rings (SSSR count). The van der Waals surface area contributed by atoms with E-state index in [1.54, 1.807) is 17.8 Å². The highest BCUT2D eigenvalue weighted by Crippen LogP contribution is 2.19. The minimum Gasteiger partial charge on any atom is -0.370 e. The standard InChI is InChI=1S/C15H17N3OS/c1-3-16-14-9-5-8-13(18-14)15(19)17-11-6-4-7-12(10-11)20-2/h4-10H,3H2,1-2H3,(H,16,18)(H,17,19). The molecule has 20 heavy (non-hydrogen) atoms. The van der Waals surface area contributed by atoms with Gasteiger partial charge < -0.3 is 10.6 Å². The summed E-state index contributed by atoms with van der Waals surface area (Å²) in [6.45, 7) is 2.76. The number of carbonyl (C=O) groups is 1. The first kappa shape index (κ1) is 14.4. The molecule has 0 radical (unpaired) electrons. The van der Waals surface area contributed by atoms with Crippen molar-refractivity contribution in [2.75, 3.05) is 23.4 Å². The van der Waals surface area contributed by atoms with Gasteiger partial charge in [0.05, 0.1) is 0 Å². The van der Waals surface area contributed by atoms with Crippen LogP contribution in [-0.4, -0.2) is 23.7 Å². The van der Waals surface area contributed by atoms with Crippen molar-refractivity contribution in [3.05, 3.63) is 48.2 Å². The molecule has 1 aromatic carbocycles. The van der Waals surface area contributed by atoms with E-state index >= 15 is 0 Å². The maximum atomic E-state index is 12.2. The van der Waals surface area contributed by atoms with Gasteiger partial charge in [0.2, 0.25) is 0 Å². The van der Waals surface area contributed by atoms with Crippen LogP contribution in [0.3, 0.4) is 0 Å². The Kier molecular flexibility index (Phi) is 5.01. The number of benzene rings is 1. The fourth-order valence-corrected chi connectivity index (χ4v) is 2.20. The first-order valence-corrected chi connectivity index (χ1v) is 7.61. The van der Waals surface area contributed by atoms with Crippen molar-refractivity contribution in [3.63, 3.8) is 0 Å². The largest absolute Gasteiger partial charge is 0.370 e. The quantitative estimate of drug-likeness (QED) is 0.827. The van der Waals surface area contributed by atoms with E-state index in [1.807, 2.05) is 49.6 Å². The van der Waals surface area contributed by atoms with Crippen LogP contribution in [0.1, 0.15) is 17.4 Å². The Balaban J connectivity index is 2.12. The summed E-state index contributed by atoms with van der Waals surface area (Å²) in [4.78, 5) is 17.5. The zero-order valence-electron chi connectivity index (χ0n) is 11.5. The van der Waals surface area contributed by atoms with E-state index in [2.05, 4.69) is 15.6 Å². The van der Waals surface area contributed by atoms with Gasteiger partial charge in [-0.3, -0.25) is 4.79 Å². The van der Waals surface area contributed by atoms with Crippen molar-refractivity contribution in [1.82, 2.24) is 4.98 Å². The minimum atomic E-state index is -0.206. The summed E-state index contributed by atoms with van der Waals surface area (Å²) in [6, 6.07) is 13.1. The van der Waals surface area contributed by atoms with Crippen LogP contribution in [0.25, 0.3) is 0 Å². The first-order chi connectivity index (χ1) is 9.72. The Morgan fingerprint density at radius 1 is 1.25 bits per heavy atom. The van der Waals surface area contributed by atoms with Crippen molar-refractivity contribution < 1.29 is 4.79 Å². The highest BCUT2D eigenvalue weighted by Gasteiger charge is 2.08. The number of amides is 1. The average molecular weight is 287 g/mol. The van der Waals surface area contributed by atoms with E-state index in [0.29, 0.717) is 11.5 Å². The minimum absolute atomic E-state index is 0.206. The Bertz CT molecular complexity index is 601. The highest BCUT2D eigenvalue weighted by molar-refractivity contribution is 7.98. The molecule has 0 saturated carbocycles. The third-order valence-electron chi connectivity index (χ3n) is 2.67. The van der Waals surface area contributed by atoms with Crippen LogP contribution in [0.5, 0.6) is 0 Å². The molecule has 2 aromatic rings. The summed E-state index contributed by atoms with van der Waals surface area (Å²) in [5, 5.41) is 5.95. The van der Waals surface area contributed by atoms with Crippen LogP contribution < -0.4 is 10.6 Å². The number of rotatable bonds is 5. The Morgan fingerprint density at radius 2 is 2.05 bits per heavy atom. The van der Waals surface area contributed by atoms with Crippen LogP contribution in [0.4, 0.5) is 11.5 Å². The number of nitrogens with one attached hydrogen (secondary N) is 2. The first-order valence-electron chi connectivity index (χ1n) is 6.39. The lowest BCUT2D eigenvalue weighted by Crippen LogP contribution is -2.14. The molecule has 5 heteroatoms. The van der Waals surface area contributed by atoms with Gasteiger partial charge in [0.1, 0.15) is 11.5 Å². The van der Waals surface area contributed by atoms with Gasteiger partial charge in [-0.1, -0.05) is 12.1 Å². The summed E-state index contributed by atoms with van der Waals surface area (Å²) in [6.07, 6.45) is 2.00. The van der Waals surface area contributed by atoms with Gasteiger partial charge in [0.25, 0.3) is 5.91 Å². The summed E-state index contributed by atoms with van der Waals surface area (Å²) >= 11 is 1.64. The number of anilines is 2. The number of thioether (sulfide) groups is 1. The van der Waals surface area contributed by atoms with E-state index in [0.717, 1.165) is 17.1 Å². The number of aromatic nitrogens is 1. The van der Waals surface area contributed by atoms with Crippen molar-refractivity contribution in [3.8, 4) is 0 Å². The number of pyridine rings is 1. The van der Waals surface area contributed by atoms with Crippen LogP contribution in [0, 0.1) is 0 Å². The molecule has 2 N–H and O–H groups in total. The average Bonchev–Trinajstić information content (AvgIpc) is 2.48. The molecule has 0 aliphatic heterocycles. The third-order valence-corrected chi connectivity index (χ3v) is 3.39. The van der Waals surface area contributed by atoms with E-state index in [-0.39, 0.29) is 5.91 Å². The summed E-state index contributed by atoms with van der Waals surface area (Å²) in [7, 11) is 0. The summed E-state index contributed by atoms with van der Waals surface area (Å²) in [5.41, 5.74) is 1.18. The molecule has 0 spiro atoms. The molecule has 4 nitrogen and oxygen atoms in total. The van der Waals surface area contributed by atoms with Gasteiger partial charge in [0, 0.05) is 17.1 Å². The Morgan fingerprint density at radius 3 is 2.80 bits per heavy atom. The molecular weight excluding hydrogens is 270 g/mol. The zero-order valence-corrected chi connectivity index (χ0v) is 12.3. The molecule has 0 aliphatic rings. The van der Waals surface area contributed by atoms with E-state index < -0.39 is 0 Å². The number of nitrogens with zero attached hydrogens (tertiary/aromatic N) is 1. The third kappa shape index (κ3) is 3.74. The lowest BCUT2D eigenvalue weighted by molar-refractivity contribution is 0.102. The molecule has 1 heterocycles. The van der Waals surface area contributed by atoms with Gasteiger partial charge in [0.15, 0.2) is 0 Å². The maximum Gasteiger partial charge on any atom is 0.274 e. The fraction of sp³-hybridized carbons (Fsp3) is 0.200. The van der Waals surface area contributed by atoms with Crippen LogP contribution in [0.2, 0.25) is 0 Å². The molecule has 0 aliphatic carbocycles. The number of hydrogen-bond donors (Lipinski definition) is 2. The second kappa shape index (κ2) is 6.96. The molecule has 0 saturated heterocycles. The lowest BCUT2D eigenvalue weighted by Gasteiger charge is -2.07. The highest BCUT2D eigenvalue weighted by atomic mass is 32.2. The Hall–Kier alpha value is -2.01. The molecular formula is C15H17N3OS. The summed E-state index contributed by atoms with van der Waals surface area (Å²) < 4.78 is 0. The van der Waals surface area contributed by atoms with E-state index in [9.17, 15) is 4.79 Å².